The van der Waals surface area contributed by atoms with Crippen molar-refractivity contribution >= 4 is 73.4 Å². The van der Waals surface area contributed by atoms with Gasteiger partial charge in [-0.05, 0) is 47.8 Å². The van der Waals surface area contributed by atoms with Crippen LogP contribution in [0.1, 0.15) is 9.67 Å². The summed E-state index contributed by atoms with van der Waals surface area (Å²) in [5, 5.41) is 5.05. The fourth-order valence-electron chi connectivity index (χ4n) is 2.21. The molecule has 5 nitrogen and oxygen atoms in total. The summed E-state index contributed by atoms with van der Waals surface area (Å²) in [6, 6.07) is 12.2. The third kappa shape index (κ3) is 4.75. The lowest BCUT2D eigenvalue weighted by Gasteiger charge is -2.11. The Morgan fingerprint density at radius 3 is 2.41 bits per heavy atom. The Morgan fingerprint density at radius 2 is 1.70 bits per heavy atom. The molecule has 2 aromatic carbocycles. The van der Waals surface area contributed by atoms with E-state index < -0.39 is 15.9 Å². The first-order valence-electron chi connectivity index (χ1n) is 7.38. The molecule has 3 rings (SSSR count). The SMILES string of the molecule is O=C(Nc1cccc(Cl)c1)c1sccc1NS(=O)(=O)c1ccc(Cl)cc1Cl. The average molecular weight is 462 g/mol. The molecule has 0 saturated carbocycles. The van der Waals surface area contributed by atoms with Gasteiger partial charge in [0.2, 0.25) is 0 Å². The van der Waals surface area contributed by atoms with Crippen molar-refractivity contribution in [2.45, 2.75) is 4.90 Å². The van der Waals surface area contributed by atoms with E-state index in [1.807, 2.05) is 0 Å². The molecule has 1 aromatic heterocycles. The number of halogens is 3. The molecule has 0 spiro atoms. The van der Waals surface area contributed by atoms with E-state index >= 15 is 0 Å². The van der Waals surface area contributed by atoms with E-state index in [9.17, 15) is 13.2 Å². The van der Waals surface area contributed by atoms with E-state index in [1.54, 1.807) is 29.6 Å². The van der Waals surface area contributed by atoms with Gasteiger partial charge in [0.15, 0.2) is 0 Å². The number of nitrogens with one attached hydrogen (secondary N) is 2. The first kappa shape index (κ1) is 20.0. The van der Waals surface area contributed by atoms with Crippen molar-refractivity contribution in [2.75, 3.05) is 10.0 Å². The Morgan fingerprint density at radius 1 is 0.963 bits per heavy atom. The minimum Gasteiger partial charge on any atom is -0.321 e. The summed E-state index contributed by atoms with van der Waals surface area (Å²) >= 11 is 18.8. The summed E-state index contributed by atoms with van der Waals surface area (Å²) in [5.41, 5.74) is 0.640. The highest BCUT2D eigenvalue weighted by atomic mass is 35.5. The predicted molar refractivity (Wildman–Crippen MR) is 111 cm³/mol. The van der Waals surface area contributed by atoms with Crippen LogP contribution < -0.4 is 10.0 Å². The number of carbonyl (C=O) groups excluding carboxylic acids is 1. The van der Waals surface area contributed by atoms with Crippen LogP contribution in [0.2, 0.25) is 15.1 Å². The third-order valence-corrected chi connectivity index (χ3v) is 6.61. The molecule has 140 valence electrons. The van der Waals surface area contributed by atoms with Crippen LogP contribution in [0.3, 0.4) is 0 Å². The second-order valence-electron chi connectivity index (χ2n) is 5.31. The van der Waals surface area contributed by atoms with Crippen LogP contribution in [0.25, 0.3) is 0 Å². The molecule has 0 fully saturated rings. The van der Waals surface area contributed by atoms with E-state index in [-0.39, 0.29) is 20.5 Å². The maximum absolute atomic E-state index is 12.6. The number of thiophene rings is 1. The van der Waals surface area contributed by atoms with Gasteiger partial charge >= 0.3 is 0 Å². The van der Waals surface area contributed by atoms with Crippen LogP contribution in [0.5, 0.6) is 0 Å². The Hall–Kier alpha value is -1.77. The molecular formula is C17H11Cl3N2O3S2. The average Bonchev–Trinajstić information content (AvgIpc) is 3.02. The molecule has 0 aliphatic heterocycles. The van der Waals surface area contributed by atoms with Crippen LogP contribution in [0.15, 0.2) is 58.8 Å². The van der Waals surface area contributed by atoms with E-state index in [0.717, 1.165) is 11.3 Å². The second kappa shape index (κ2) is 8.08. The molecule has 27 heavy (non-hydrogen) atoms. The van der Waals surface area contributed by atoms with Crippen LogP contribution in [0.4, 0.5) is 11.4 Å². The van der Waals surface area contributed by atoms with Gasteiger partial charge in [-0.15, -0.1) is 11.3 Å². The molecule has 0 aliphatic carbocycles. The standard InChI is InChI=1S/C17H11Cl3N2O3S2/c18-10-2-1-3-12(8-10)21-17(23)16-14(6-7-26-16)22-27(24,25)15-5-4-11(19)9-13(15)20/h1-9,22H,(H,21,23). The van der Waals surface area contributed by atoms with Crippen molar-refractivity contribution in [3.8, 4) is 0 Å². The third-order valence-electron chi connectivity index (χ3n) is 3.38. The zero-order valence-electron chi connectivity index (χ0n) is 13.4. The Labute approximate surface area is 174 Å². The molecule has 1 amide bonds. The summed E-state index contributed by atoms with van der Waals surface area (Å²) in [6.07, 6.45) is 0. The lowest BCUT2D eigenvalue weighted by molar-refractivity contribution is 0.103. The fraction of sp³-hybridized carbons (Fsp3) is 0. The monoisotopic (exact) mass is 460 g/mol. The molecule has 0 atom stereocenters. The number of anilines is 2. The Balaban J connectivity index is 1.85. The summed E-state index contributed by atoms with van der Waals surface area (Å²) in [5.74, 6) is -0.466. The van der Waals surface area contributed by atoms with Crippen LogP contribution >= 0.6 is 46.1 Å². The normalized spacial score (nSPS) is 11.2. The quantitative estimate of drug-likeness (QED) is 0.507. The number of hydrogen-bond acceptors (Lipinski definition) is 4. The van der Waals surface area contributed by atoms with Gasteiger partial charge in [0, 0.05) is 15.7 Å². The van der Waals surface area contributed by atoms with Gasteiger partial charge in [0.1, 0.15) is 9.77 Å². The van der Waals surface area contributed by atoms with Crippen LogP contribution in [-0.4, -0.2) is 14.3 Å². The number of sulfonamides is 1. The van der Waals surface area contributed by atoms with Crippen molar-refractivity contribution in [1.29, 1.82) is 0 Å². The minimum absolute atomic E-state index is 0.0184. The van der Waals surface area contributed by atoms with Gasteiger partial charge in [-0.25, -0.2) is 8.42 Å². The Kier molecular flexibility index (Phi) is 5.98. The number of rotatable bonds is 5. The molecule has 0 unspecified atom stereocenters. The first-order valence-corrected chi connectivity index (χ1v) is 10.9. The van der Waals surface area contributed by atoms with E-state index in [2.05, 4.69) is 10.0 Å². The summed E-state index contributed by atoms with van der Waals surface area (Å²) in [4.78, 5) is 12.6. The van der Waals surface area contributed by atoms with Gasteiger partial charge in [-0.1, -0.05) is 40.9 Å². The second-order valence-corrected chi connectivity index (χ2v) is 9.16. The van der Waals surface area contributed by atoms with Crippen molar-refractivity contribution in [3.63, 3.8) is 0 Å². The summed E-state index contributed by atoms with van der Waals surface area (Å²) < 4.78 is 27.6. The molecular weight excluding hydrogens is 451 g/mol. The molecule has 0 aliphatic rings. The highest BCUT2D eigenvalue weighted by Gasteiger charge is 2.22. The lowest BCUT2D eigenvalue weighted by Crippen LogP contribution is -2.17. The van der Waals surface area contributed by atoms with Crippen molar-refractivity contribution in [3.05, 3.63) is 73.9 Å². The van der Waals surface area contributed by atoms with Gasteiger partial charge in [0.05, 0.1) is 10.7 Å². The maximum Gasteiger partial charge on any atom is 0.267 e. The highest BCUT2D eigenvalue weighted by Crippen LogP contribution is 2.30. The van der Waals surface area contributed by atoms with E-state index in [1.165, 1.54) is 24.3 Å². The molecule has 0 bridgehead atoms. The number of benzene rings is 2. The highest BCUT2D eigenvalue weighted by molar-refractivity contribution is 7.92. The van der Waals surface area contributed by atoms with Crippen LogP contribution in [-0.2, 0) is 10.0 Å². The molecule has 10 heteroatoms. The topological polar surface area (TPSA) is 75.3 Å². The fourth-order valence-corrected chi connectivity index (χ4v) is 5.06. The lowest BCUT2D eigenvalue weighted by atomic mass is 10.3. The summed E-state index contributed by atoms with van der Waals surface area (Å²) in [7, 11) is -4.00. The van der Waals surface area contributed by atoms with Crippen molar-refractivity contribution in [2.24, 2.45) is 0 Å². The number of hydrogen-bond donors (Lipinski definition) is 2. The smallest absolute Gasteiger partial charge is 0.267 e. The predicted octanol–water partition coefficient (Wildman–Crippen LogP) is 5.76. The largest absolute Gasteiger partial charge is 0.321 e. The summed E-state index contributed by atoms with van der Waals surface area (Å²) in [6.45, 7) is 0. The van der Waals surface area contributed by atoms with Crippen molar-refractivity contribution in [1.82, 2.24) is 0 Å². The molecule has 0 saturated heterocycles. The zero-order valence-corrected chi connectivity index (χ0v) is 17.3. The number of carbonyl (C=O) groups is 1. The zero-order chi connectivity index (χ0) is 19.6. The number of amides is 1. The van der Waals surface area contributed by atoms with Gasteiger partial charge < -0.3 is 5.32 Å². The molecule has 3 aromatic rings. The molecule has 2 N–H and O–H groups in total. The van der Waals surface area contributed by atoms with E-state index in [4.69, 9.17) is 34.8 Å². The first-order chi connectivity index (χ1) is 12.8. The molecule has 0 radical (unpaired) electrons. The van der Waals surface area contributed by atoms with Gasteiger partial charge in [0.25, 0.3) is 15.9 Å². The van der Waals surface area contributed by atoms with Gasteiger partial charge in [-0.2, -0.15) is 0 Å². The maximum atomic E-state index is 12.6. The van der Waals surface area contributed by atoms with Gasteiger partial charge in [-0.3, -0.25) is 9.52 Å². The molecule has 1 heterocycles. The van der Waals surface area contributed by atoms with E-state index in [0.29, 0.717) is 15.7 Å². The van der Waals surface area contributed by atoms with Crippen LogP contribution in [0, 0.1) is 0 Å². The minimum atomic E-state index is -4.00. The Bertz CT molecular complexity index is 1110. The van der Waals surface area contributed by atoms with Crippen molar-refractivity contribution < 1.29 is 13.2 Å².